The van der Waals surface area contributed by atoms with E-state index in [1.165, 1.54) is 48.7 Å². The summed E-state index contributed by atoms with van der Waals surface area (Å²) in [7, 11) is 1.44. The number of hydrogen-bond acceptors (Lipinski definition) is 19. The second kappa shape index (κ2) is 23.8. The largest absolute Gasteiger partial charge is 0.463 e. The first-order valence-corrected chi connectivity index (χ1v) is 21.9. The molecule has 21 nitrogen and oxygen atoms in total. The SMILES string of the molecule is CO[C@H]1OC(COC(C)=O)[C@H](OC2OC(COC(C)=O)C(O[C@H]3OC(COC(C)=O)[C@H](OC4OC(COC(C)=O)C(O)[C@H](C)[C@@H]4C)C(C)[C@H]3NC(C)=O)[C@H](C)[C@@H]2C)C(C)[C@H]1NC(C)=O. The first kappa shape index (κ1) is 53.1. The summed E-state index contributed by atoms with van der Waals surface area (Å²) in [5, 5.41) is 16.8. The van der Waals surface area contributed by atoms with Crippen molar-refractivity contribution in [1.82, 2.24) is 10.6 Å². The molecule has 0 spiro atoms. The zero-order valence-corrected chi connectivity index (χ0v) is 39.2. The number of carbonyl (C=O) groups excluding carboxylic acids is 6. The molecule has 21 heteroatoms. The van der Waals surface area contributed by atoms with E-state index >= 15 is 0 Å². The van der Waals surface area contributed by atoms with E-state index in [2.05, 4.69) is 10.6 Å². The van der Waals surface area contributed by atoms with Crippen molar-refractivity contribution < 1.29 is 90.7 Å². The molecular weight excluding hydrogens is 848 g/mol. The number of amides is 2. The fourth-order valence-corrected chi connectivity index (χ4v) is 8.72. The molecule has 4 aliphatic heterocycles. The van der Waals surface area contributed by atoms with Crippen LogP contribution in [0.1, 0.15) is 83.1 Å². The molecule has 64 heavy (non-hydrogen) atoms. The molecule has 10 unspecified atom stereocenters. The van der Waals surface area contributed by atoms with Gasteiger partial charge in [-0.25, -0.2) is 0 Å². The van der Waals surface area contributed by atoms with Gasteiger partial charge in [-0.15, -0.1) is 0 Å². The van der Waals surface area contributed by atoms with E-state index in [-0.39, 0.29) is 44.2 Å². The van der Waals surface area contributed by atoms with Crippen molar-refractivity contribution >= 4 is 35.7 Å². The van der Waals surface area contributed by atoms with Gasteiger partial charge < -0.3 is 72.6 Å². The summed E-state index contributed by atoms with van der Waals surface area (Å²) < 4.78 is 72.8. The Hall–Kier alpha value is -3.54. The van der Waals surface area contributed by atoms with Crippen molar-refractivity contribution in [3.05, 3.63) is 0 Å². The van der Waals surface area contributed by atoms with Crippen molar-refractivity contribution in [2.45, 2.75) is 169 Å². The van der Waals surface area contributed by atoms with Crippen LogP contribution in [0.25, 0.3) is 0 Å². The third-order valence-corrected chi connectivity index (χ3v) is 12.7. The number of esters is 4. The molecule has 4 rings (SSSR count). The third kappa shape index (κ3) is 13.8. The summed E-state index contributed by atoms with van der Waals surface area (Å²) in [4.78, 5) is 73.0. The molecule has 366 valence electrons. The summed E-state index contributed by atoms with van der Waals surface area (Å²) in [6, 6.07) is -1.53. The quantitative estimate of drug-likeness (QED) is 0.136. The predicted molar refractivity (Wildman–Crippen MR) is 219 cm³/mol. The van der Waals surface area contributed by atoms with Gasteiger partial charge in [0.2, 0.25) is 11.8 Å². The van der Waals surface area contributed by atoms with Gasteiger partial charge in [-0.05, 0) is 11.8 Å². The Morgan fingerprint density at radius 1 is 0.438 bits per heavy atom. The molecule has 0 aromatic rings. The molecule has 2 amide bonds. The monoisotopic (exact) mass is 918 g/mol. The molecule has 0 bridgehead atoms. The van der Waals surface area contributed by atoms with Gasteiger partial charge in [-0.2, -0.15) is 0 Å². The highest BCUT2D eigenvalue weighted by molar-refractivity contribution is 5.73. The third-order valence-electron chi connectivity index (χ3n) is 12.7. The Kier molecular flexibility index (Phi) is 19.7. The average Bonchev–Trinajstić information content (AvgIpc) is 3.21. The minimum atomic E-state index is -1.20. The molecule has 0 radical (unpaired) electrons. The zero-order chi connectivity index (χ0) is 47.7. The van der Waals surface area contributed by atoms with Gasteiger partial charge in [0.1, 0.15) is 50.8 Å². The highest BCUT2D eigenvalue weighted by atomic mass is 16.8. The molecule has 4 fully saturated rings. The maximum absolute atomic E-state index is 12.8. The molecule has 0 saturated carbocycles. The van der Waals surface area contributed by atoms with E-state index in [1.807, 2.05) is 41.5 Å². The second-order valence-electron chi connectivity index (χ2n) is 17.5. The van der Waals surface area contributed by atoms with Crippen LogP contribution < -0.4 is 10.6 Å². The molecule has 4 saturated heterocycles. The first-order chi connectivity index (χ1) is 30.0. The van der Waals surface area contributed by atoms with Gasteiger partial charge in [0, 0.05) is 72.3 Å². The second-order valence-corrected chi connectivity index (χ2v) is 17.5. The molecular formula is C43H70N2O19. The minimum Gasteiger partial charge on any atom is -0.463 e. The fraction of sp³-hybridized carbons (Fsp3) is 0.860. The lowest BCUT2D eigenvalue weighted by Gasteiger charge is -2.52. The number of carbonyl (C=O) groups is 6. The van der Waals surface area contributed by atoms with Gasteiger partial charge in [-0.3, -0.25) is 28.8 Å². The molecule has 0 aromatic carbocycles. The van der Waals surface area contributed by atoms with E-state index < -0.39 is 140 Å². The van der Waals surface area contributed by atoms with Crippen LogP contribution in [0.3, 0.4) is 0 Å². The van der Waals surface area contributed by atoms with Crippen molar-refractivity contribution in [3.63, 3.8) is 0 Å². The number of aliphatic hydroxyl groups is 1. The Labute approximate surface area is 374 Å². The number of hydrogen-bond donors (Lipinski definition) is 3. The van der Waals surface area contributed by atoms with Crippen LogP contribution in [0.4, 0.5) is 0 Å². The molecule has 20 atom stereocenters. The maximum atomic E-state index is 12.8. The first-order valence-electron chi connectivity index (χ1n) is 21.9. The van der Waals surface area contributed by atoms with Gasteiger partial charge >= 0.3 is 23.9 Å². The average molecular weight is 919 g/mol. The van der Waals surface area contributed by atoms with E-state index in [4.69, 9.17) is 56.8 Å². The summed E-state index contributed by atoms with van der Waals surface area (Å²) in [5.41, 5.74) is 0. The highest BCUT2D eigenvalue weighted by Crippen LogP contribution is 2.41. The Balaban J connectivity index is 1.65. The summed E-state index contributed by atoms with van der Waals surface area (Å²) >= 11 is 0. The van der Waals surface area contributed by atoms with Gasteiger partial charge in [0.05, 0.1) is 36.5 Å². The number of rotatable bonds is 17. The van der Waals surface area contributed by atoms with Gasteiger partial charge in [-0.1, -0.05) is 41.5 Å². The predicted octanol–water partition coefficient (Wildman–Crippen LogP) is 1.13. The van der Waals surface area contributed by atoms with Crippen LogP contribution in [0, 0.1) is 35.5 Å². The van der Waals surface area contributed by atoms with Crippen molar-refractivity contribution in [1.29, 1.82) is 0 Å². The topological polar surface area (TPSA) is 257 Å². The standard InChI is InChI=1S/C43H70N2O19/c1-18-20(3)40(58-30(36(18)52)14-54-26(9)48)62-39-23(6)35(45-25(8)47)43(61-33(39)17-57-29(12)51)64-37-19(2)21(4)41(59-31(37)15-55-27(10)49)63-38-22(5)34(44-24(7)46)42(53-13)60-32(38)16-56-28(11)50/h18-23,30-43,52H,14-17H2,1-13H3,(H,44,46)(H,45,47)/t18-,19-,20+,21+,22?,23?,30?,31?,32?,33?,34-,35-,36?,37?,38-,39-,40?,41?,42+,43-/m1/s1. The lowest BCUT2D eigenvalue weighted by Crippen LogP contribution is -2.65. The van der Waals surface area contributed by atoms with Crippen LogP contribution in [0.5, 0.6) is 0 Å². The van der Waals surface area contributed by atoms with Crippen molar-refractivity contribution in [2.75, 3.05) is 33.5 Å². The molecule has 4 aliphatic rings. The normalized spacial score (nSPS) is 40.0. The Morgan fingerprint density at radius 3 is 1.14 bits per heavy atom. The lowest BCUT2D eigenvalue weighted by molar-refractivity contribution is -0.357. The number of ether oxygens (including phenoxy) is 12. The highest BCUT2D eigenvalue weighted by Gasteiger charge is 2.54. The van der Waals surface area contributed by atoms with Crippen LogP contribution in [-0.2, 0) is 85.6 Å². The van der Waals surface area contributed by atoms with Crippen LogP contribution in [0.2, 0.25) is 0 Å². The Morgan fingerprint density at radius 2 is 0.750 bits per heavy atom. The summed E-state index contributed by atoms with van der Waals surface area (Å²) in [5.74, 6) is -5.58. The molecule has 3 N–H and O–H groups in total. The van der Waals surface area contributed by atoms with Crippen molar-refractivity contribution in [2.24, 2.45) is 35.5 Å². The van der Waals surface area contributed by atoms with Crippen LogP contribution in [0.15, 0.2) is 0 Å². The molecule has 4 heterocycles. The minimum absolute atomic E-state index is 0.182. The van der Waals surface area contributed by atoms with E-state index in [1.54, 1.807) is 0 Å². The van der Waals surface area contributed by atoms with Gasteiger partial charge in [0.25, 0.3) is 0 Å². The fourth-order valence-electron chi connectivity index (χ4n) is 8.72. The number of nitrogens with one attached hydrogen (secondary N) is 2. The van der Waals surface area contributed by atoms with Crippen molar-refractivity contribution in [3.8, 4) is 0 Å². The molecule has 0 aromatic heterocycles. The Bertz CT molecular complexity index is 1600. The number of aliphatic hydroxyl groups excluding tert-OH is 1. The van der Waals surface area contributed by atoms with Crippen LogP contribution in [-0.4, -0.2) is 160 Å². The summed E-state index contributed by atoms with van der Waals surface area (Å²) in [6.07, 6.45) is -11.2. The van der Waals surface area contributed by atoms with Gasteiger partial charge in [0.15, 0.2) is 25.2 Å². The van der Waals surface area contributed by atoms with E-state index in [0.29, 0.717) is 0 Å². The zero-order valence-electron chi connectivity index (χ0n) is 39.2. The smallest absolute Gasteiger partial charge is 0.302 e. The van der Waals surface area contributed by atoms with E-state index in [0.717, 1.165) is 0 Å². The molecule has 0 aliphatic carbocycles. The van der Waals surface area contributed by atoms with Crippen LogP contribution >= 0.6 is 0 Å². The lowest BCUT2D eigenvalue weighted by atomic mass is 9.83. The summed E-state index contributed by atoms with van der Waals surface area (Å²) in [6.45, 7) is 17.9. The van der Waals surface area contributed by atoms with E-state index in [9.17, 15) is 33.9 Å². The number of methoxy groups -OCH3 is 1. The maximum Gasteiger partial charge on any atom is 0.302 e.